The van der Waals surface area contributed by atoms with Crippen LogP contribution in [0.4, 0.5) is 0 Å². The third-order valence-corrected chi connectivity index (χ3v) is 22.1. The zero-order valence-corrected chi connectivity index (χ0v) is 35.0. The third kappa shape index (κ3) is 5.47. The number of hydrogen-bond acceptors (Lipinski definition) is 4. The van der Waals surface area contributed by atoms with E-state index in [0.717, 1.165) is 51.4 Å². The van der Waals surface area contributed by atoms with Gasteiger partial charge < -0.3 is 8.85 Å². The molecule has 5 heteroatoms. The van der Waals surface area contributed by atoms with Gasteiger partial charge in [0.2, 0.25) is 0 Å². The number of fused-ring (bicyclic) bond motifs is 10. The molecule has 292 valence electrons. The molecule has 8 aliphatic carbocycles. The van der Waals surface area contributed by atoms with Crippen LogP contribution < -0.4 is 10.4 Å². The summed E-state index contributed by atoms with van der Waals surface area (Å²) in [6.45, 7) is 10.2. The van der Waals surface area contributed by atoms with Crippen LogP contribution in [0.2, 0.25) is 0 Å². The van der Waals surface area contributed by atoms with Crippen molar-refractivity contribution in [3.8, 4) is 0 Å². The highest BCUT2D eigenvalue weighted by Crippen LogP contribution is 2.68. The van der Waals surface area contributed by atoms with Crippen molar-refractivity contribution in [2.75, 3.05) is 0 Å². The molecule has 6 saturated carbocycles. The second-order valence-corrected chi connectivity index (χ2v) is 23.6. The van der Waals surface area contributed by atoms with Crippen LogP contribution in [0.1, 0.15) is 130 Å². The molecule has 10 rings (SSSR count). The molecule has 0 amide bonds. The van der Waals surface area contributed by atoms with Crippen LogP contribution in [0.25, 0.3) is 0 Å². The molecule has 0 spiro atoms. The quantitative estimate of drug-likeness (QED) is 0.276. The summed E-state index contributed by atoms with van der Waals surface area (Å²) in [5, 5.41) is 2.50. The van der Waals surface area contributed by atoms with E-state index in [1.165, 1.54) is 72.9 Å². The van der Waals surface area contributed by atoms with Crippen molar-refractivity contribution in [2.24, 2.45) is 57.2 Å². The lowest BCUT2D eigenvalue weighted by Crippen LogP contribution is -2.68. The van der Waals surface area contributed by atoms with Gasteiger partial charge in [0, 0.05) is 12.8 Å². The molecule has 8 aliphatic rings. The van der Waals surface area contributed by atoms with Crippen molar-refractivity contribution in [2.45, 2.75) is 143 Å². The summed E-state index contributed by atoms with van der Waals surface area (Å²) >= 11 is 0. The normalized spacial score (nSPS) is 43.6. The molecule has 0 heterocycles. The van der Waals surface area contributed by atoms with E-state index in [1.54, 1.807) is 0 Å². The number of carbonyl (C=O) groups excluding carboxylic acids is 2. The Morgan fingerprint density at radius 3 is 1.33 bits per heavy atom. The maximum Gasteiger partial charge on any atom is 0.407 e. The number of carbonyl (C=O) groups is 2. The average Bonchev–Trinajstić information content (AvgIpc) is 3.71. The summed E-state index contributed by atoms with van der Waals surface area (Å²) in [5.41, 5.74) is 3.50. The fourth-order valence-electron chi connectivity index (χ4n) is 15.6. The van der Waals surface area contributed by atoms with Crippen molar-refractivity contribution >= 4 is 30.5 Å². The van der Waals surface area contributed by atoms with Gasteiger partial charge in [-0.15, -0.1) is 0 Å². The Morgan fingerprint density at radius 2 is 0.909 bits per heavy atom. The minimum absolute atomic E-state index is 0.110. The number of hydrogen-bond donors (Lipinski definition) is 0. The van der Waals surface area contributed by atoms with Crippen molar-refractivity contribution in [3.05, 3.63) is 84.0 Å². The van der Waals surface area contributed by atoms with Gasteiger partial charge in [0.25, 0.3) is 0 Å². The maximum atomic E-state index is 12.5. The molecule has 12 atom stereocenters. The summed E-state index contributed by atoms with van der Waals surface area (Å²) in [6.07, 6.45) is 22.1. The first kappa shape index (κ1) is 36.7. The monoisotopic (exact) mass is 756 g/mol. The predicted octanol–water partition coefficient (Wildman–Crippen LogP) is 10.1. The van der Waals surface area contributed by atoms with Gasteiger partial charge in [-0.25, -0.2) is 0 Å². The van der Waals surface area contributed by atoms with Crippen LogP contribution in [0.15, 0.2) is 84.0 Å². The number of ketones is 2. The first-order valence-corrected chi connectivity index (χ1v) is 24.2. The van der Waals surface area contributed by atoms with E-state index in [4.69, 9.17) is 8.85 Å². The van der Waals surface area contributed by atoms with E-state index in [9.17, 15) is 9.59 Å². The van der Waals surface area contributed by atoms with Gasteiger partial charge in [0.15, 0.2) is 11.6 Å². The van der Waals surface area contributed by atoms with Gasteiger partial charge >= 0.3 is 8.56 Å². The first-order chi connectivity index (χ1) is 26.5. The van der Waals surface area contributed by atoms with Crippen molar-refractivity contribution in [3.63, 3.8) is 0 Å². The molecule has 0 unspecified atom stereocenters. The van der Waals surface area contributed by atoms with Crippen LogP contribution in [0, 0.1) is 57.2 Å². The van der Waals surface area contributed by atoms with Gasteiger partial charge in [-0.3, -0.25) is 9.59 Å². The van der Waals surface area contributed by atoms with E-state index < -0.39 is 8.56 Å². The molecular formula is C50H64O4Si. The molecule has 55 heavy (non-hydrogen) atoms. The summed E-state index contributed by atoms with van der Waals surface area (Å²) < 4.78 is 16.2. The van der Waals surface area contributed by atoms with Crippen molar-refractivity contribution < 1.29 is 18.4 Å². The summed E-state index contributed by atoms with van der Waals surface area (Å²) in [5.74, 6) is 4.74. The predicted molar refractivity (Wildman–Crippen MR) is 221 cm³/mol. The molecule has 6 fully saturated rings. The second kappa shape index (κ2) is 13.2. The molecule has 4 nitrogen and oxygen atoms in total. The van der Waals surface area contributed by atoms with Gasteiger partial charge in [-0.1, -0.05) is 99.5 Å². The van der Waals surface area contributed by atoms with Gasteiger partial charge in [-0.2, -0.15) is 0 Å². The average molecular weight is 757 g/mol. The Labute approximate surface area is 331 Å². The minimum Gasteiger partial charge on any atom is -0.384 e. The Morgan fingerprint density at radius 1 is 0.491 bits per heavy atom. The van der Waals surface area contributed by atoms with E-state index in [1.807, 2.05) is 12.2 Å². The molecule has 0 bridgehead atoms. The van der Waals surface area contributed by atoms with Crippen molar-refractivity contribution in [1.82, 2.24) is 0 Å². The highest BCUT2D eigenvalue weighted by Gasteiger charge is 2.64. The molecule has 0 aliphatic heterocycles. The fraction of sp³-hybridized carbons (Fsp3) is 0.640. The smallest absolute Gasteiger partial charge is 0.384 e. The lowest BCUT2D eigenvalue weighted by atomic mass is 9.47. The van der Waals surface area contributed by atoms with Crippen LogP contribution in [-0.4, -0.2) is 32.3 Å². The van der Waals surface area contributed by atoms with E-state index in [2.05, 4.69) is 88.4 Å². The second-order valence-electron chi connectivity index (χ2n) is 20.7. The Bertz CT molecular complexity index is 1760. The lowest BCUT2D eigenvalue weighted by molar-refractivity contribution is -0.118. The maximum absolute atomic E-state index is 12.5. The lowest BCUT2D eigenvalue weighted by Gasteiger charge is -2.59. The molecular weight excluding hydrogens is 693 g/mol. The standard InChI is InChI=1S/C50H64O4Si/c1-47-27-23-35(51)31-33(47)15-17-39-41-19-21-45(49(41,3)29-25-43(39)47)53-55(37-11-7-5-8-12-37,38-13-9-6-10-14-38)54-46-22-20-42-40-18-16-34-32-36(52)24-28-48(34,2)44(40)26-30-50(42,46)4/h5-14,31-32,39-46H,15-30H2,1-4H3/t39-,40-,41-,42-,43-,44-,45-,46-,47-,48-,49-,50-/m0/s1. The number of rotatable bonds is 6. The fourth-order valence-corrected chi connectivity index (χ4v) is 19.4. The van der Waals surface area contributed by atoms with Crippen LogP contribution in [0.3, 0.4) is 0 Å². The SMILES string of the molecule is C[C@]12CC[C@H]3[C@@H](CCC4=CC(=O)CC[C@@]43C)[C@@H]1CC[C@@H]2O[Si](O[C@H]1CC[C@H]2[C@@H]3CCC4=CC(=O)CC[C@]4(C)[C@H]3CC[C@]12C)(c1ccccc1)c1ccccc1. The number of benzene rings is 2. The topological polar surface area (TPSA) is 52.6 Å². The molecule has 0 aromatic heterocycles. The molecule has 0 N–H and O–H groups in total. The van der Waals surface area contributed by atoms with E-state index >= 15 is 0 Å². The van der Waals surface area contributed by atoms with Gasteiger partial charge in [-0.05, 0) is 170 Å². The molecule has 0 saturated heterocycles. The van der Waals surface area contributed by atoms with Crippen molar-refractivity contribution in [1.29, 1.82) is 0 Å². The number of allylic oxidation sites excluding steroid dienone is 2. The summed E-state index contributed by atoms with van der Waals surface area (Å²) in [7, 11) is -3.21. The van der Waals surface area contributed by atoms with E-state index in [-0.39, 0.29) is 33.9 Å². The zero-order valence-electron chi connectivity index (χ0n) is 34.0. The van der Waals surface area contributed by atoms with Gasteiger partial charge in [0.1, 0.15) is 0 Å². The Hall–Kier alpha value is -2.60. The zero-order chi connectivity index (χ0) is 37.8. The van der Waals surface area contributed by atoms with E-state index in [0.29, 0.717) is 47.1 Å². The molecule has 2 aromatic rings. The summed E-state index contributed by atoms with van der Waals surface area (Å²) in [6, 6.07) is 22.4. The Kier molecular flexibility index (Phi) is 8.82. The molecule has 0 radical (unpaired) electrons. The highest BCUT2D eigenvalue weighted by molar-refractivity contribution is 6.92. The summed E-state index contributed by atoms with van der Waals surface area (Å²) in [4.78, 5) is 25.0. The van der Waals surface area contributed by atoms with Crippen LogP contribution >= 0.6 is 0 Å². The minimum atomic E-state index is -3.21. The third-order valence-electron chi connectivity index (χ3n) is 18.7. The largest absolute Gasteiger partial charge is 0.407 e. The molecule has 2 aromatic carbocycles. The Balaban J connectivity index is 0.984. The van der Waals surface area contributed by atoms with Gasteiger partial charge in [0.05, 0.1) is 12.2 Å². The van der Waals surface area contributed by atoms with Crippen LogP contribution in [-0.2, 0) is 18.4 Å². The highest BCUT2D eigenvalue weighted by atomic mass is 28.4. The first-order valence-electron chi connectivity index (χ1n) is 22.4. The van der Waals surface area contributed by atoms with Crippen LogP contribution in [0.5, 0.6) is 0 Å².